The second-order valence-corrected chi connectivity index (χ2v) is 9.69. The predicted molar refractivity (Wildman–Crippen MR) is 118 cm³/mol. The SMILES string of the molecule is CC(=O)N1CCC(Nc2nn(C3CC(N(C(=O)O)C(C)(C)C)C3)c3ncccc23)CC1. The minimum Gasteiger partial charge on any atom is -0.465 e. The van der Waals surface area contributed by atoms with Gasteiger partial charge in [0.05, 0.1) is 11.4 Å². The van der Waals surface area contributed by atoms with Gasteiger partial charge in [-0.3, -0.25) is 4.79 Å². The summed E-state index contributed by atoms with van der Waals surface area (Å²) in [5, 5.41) is 19.1. The number of carboxylic acid groups (broad SMARTS) is 1. The van der Waals surface area contributed by atoms with Crippen LogP contribution in [-0.2, 0) is 4.79 Å². The predicted octanol–water partition coefficient (Wildman–Crippen LogP) is 3.34. The third-order valence-corrected chi connectivity index (χ3v) is 6.48. The van der Waals surface area contributed by atoms with Crippen LogP contribution in [0.3, 0.4) is 0 Å². The maximum Gasteiger partial charge on any atom is 0.407 e. The fourth-order valence-electron chi connectivity index (χ4n) is 4.83. The maximum absolute atomic E-state index is 11.8. The molecule has 9 nitrogen and oxygen atoms in total. The quantitative estimate of drug-likeness (QED) is 0.774. The van der Waals surface area contributed by atoms with Crippen LogP contribution >= 0.6 is 0 Å². The van der Waals surface area contributed by atoms with Crippen LogP contribution in [0.15, 0.2) is 18.3 Å². The van der Waals surface area contributed by atoms with Crippen LogP contribution in [0.1, 0.15) is 59.4 Å². The number of hydrogen-bond acceptors (Lipinski definition) is 5. The molecule has 168 valence electrons. The molecular formula is C22H32N6O3. The topological polar surface area (TPSA) is 104 Å². The van der Waals surface area contributed by atoms with E-state index in [1.165, 1.54) is 0 Å². The Kier molecular flexibility index (Phi) is 5.53. The van der Waals surface area contributed by atoms with E-state index in [0.717, 1.165) is 55.6 Å². The summed E-state index contributed by atoms with van der Waals surface area (Å²) in [4.78, 5) is 31.4. The van der Waals surface area contributed by atoms with Crippen molar-refractivity contribution >= 4 is 28.9 Å². The third kappa shape index (κ3) is 4.18. The summed E-state index contributed by atoms with van der Waals surface area (Å²) < 4.78 is 1.96. The average molecular weight is 429 g/mol. The normalized spacial score (nSPS) is 22.3. The molecule has 2 fully saturated rings. The highest BCUT2D eigenvalue weighted by Crippen LogP contribution is 2.40. The molecule has 2 N–H and O–H groups in total. The first kappa shape index (κ1) is 21.4. The molecular weight excluding hydrogens is 396 g/mol. The first-order valence-electron chi connectivity index (χ1n) is 11.0. The van der Waals surface area contributed by atoms with Crippen LogP contribution < -0.4 is 5.32 Å². The van der Waals surface area contributed by atoms with Crippen molar-refractivity contribution in [3.63, 3.8) is 0 Å². The van der Waals surface area contributed by atoms with E-state index in [1.54, 1.807) is 18.0 Å². The van der Waals surface area contributed by atoms with Gasteiger partial charge in [-0.15, -0.1) is 0 Å². The molecule has 31 heavy (non-hydrogen) atoms. The molecule has 2 aromatic rings. The molecule has 4 rings (SSSR count). The number of fused-ring (bicyclic) bond motifs is 1. The summed E-state index contributed by atoms with van der Waals surface area (Å²) in [5.41, 5.74) is 0.389. The molecule has 0 radical (unpaired) electrons. The number of amides is 2. The number of hydrogen-bond donors (Lipinski definition) is 2. The summed E-state index contributed by atoms with van der Waals surface area (Å²) in [5.74, 6) is 0.946. The lowest BCUT2D eigenvalue weighted by molar-refractivity contribution is -0.129. The first-order valence-corrected chi connectivity index (χ1v) is 11.0. The summed E-state index contributed by atoms with van der Waals surface area (Å²) in [6, 6.07) is 4.31. The molecule has 9 heteroatoms. The number of rotatable bonds is 4. The van der Waals surface area contributed by atoms with E-state index in [0.29, 0.717) is 0 Å². The lowest BCUT2D eigenvalue weighted by atomic mass is 9.83. The van der Waals surface area contributed by atoms with Gasteiger partial charge in [0, 0.05) is 43.8 Å². The number of piperidine rings is 1. The van der Waals surface area contributed by atoms with Crippen LogP contribution in [-0.4, -0.2) is 72.4 Å². The molecule has 1 saturated carbocycles. The third-order valence-electron chi connectivity index (χ3n) is 6.48. The van der Waals surface area contributed by atoms with Gasteiger partial charge in [-0.1, -0.05) is 0 Å². The zero-order valence-electron chi connectivity index (χ0n) is 18.7. The number of carbonyl (C=O) groups excluding carboxylic acids is 1. The summed E-state index contributed by atoms with van der Waals surface area (Å²) in [6.07, 6.45) is 4.13. The molecule has 0 spiro atoms. The van der Waals surface area contributed by atoms with Crippen LogP contribution in [0, 0.1) is 0 Å². The number of nitrogens with zero attached hydrogens (tertiary/aromatic N) is 5. The number of carbonyl (C=O) groups is 2. The summed E-state index contributed by atoms with van der Waals surface area (Å²) in [6.45, 7) is 8.92. The smallest absolute Gasteiger partial charge is 0.407 e. The van der Waals surface area contributed by atoms with Crippen molar-refractivity contribution in [2.75, 3.05) is 18.4 Å². The van der Waals surface area contributed by atoms with Crippen molar-refractivity contribution in [1.82, 2.24) is 24.6 Å². The van der Waals surface area contributed by atoms with Crippen molar-refractivity contribution < 1.29 is 14.7 Å². The average Bonchev–Trinajstić information content (AvgIpc) is 3.01. The lowest BCUT2D eigenvalue weighted by Gasteiger charge is -2.47. The van der Waals surface area contributed by atoms with E-state index in [-0.39, 0.29) is 24.0 Å². The van der Waals surface area contributed by atoms with Crippen LogP contribution in [0.2, 0.25) is 0 Å². The summed E-state index contributed by atoms with van der Waals surface area (Å²) in [7, 11) is 0. The number of nitrogens with one attached hydrogen (secondary N) is 1. The first-order chi connectivity index (χ1) is 14.6. The zero-order valence-corrected chi connectivity index (χ0v) is 18.7. The van der Waals surface area contributed by atoms with Gasteiger partial charge in [-0.2, -0.15) is 5.10 Å². The fraction of sp³-hybridized carbons (Fsp3) is 0.636. The van der Waals surface area contributed by atoms with Gasteiger partial charge in [0.2, 0.25) is 5.91 Å². The zero-order chi connectivity index (χ0) is 22.3. The van der Waals surface area contributed by atoms with Crippen molar-refractivity contribution in [3.8, 4) is 0 Å². The van der Waals surface area contributed by atoms with Crippen molar-refractivity contribution in [2.24, 2.45) is 0 Å². The van der Waals surface area contributed by atoms with Gasteiger partial charge < -0.3 is 20.2 Å². The number of likely N-dealkylation sites (tertiary alicyclic amines) is 1. The number of pyridine rings is 1. The Labute approximate surface area is 182 Å². The van der Waals surface area contributed by atoms with E-state index in [9.17, 15) is 14.7 Å². The number of anilines is 1. The minimum atomic E-state index is -0.876. The molecule has 0 atom stereocenters. The maximum atomic E-state index is 11.8. The van der Waals surface area contributed by atoms with Gasteiger partial charge in [0.15, 0.2) is 11.5 Å². The Balaban J connectivity index is 1.49. The molecule has 2 aliphatic rings. The van der Waals surface area contributed by atoms with Gasteiger partial charge in [0.1, 0.15) is 0 Å². The summed E-state index contributed by atoms with van der Waals surface area (Å²) >= 11 is 0. The molecule has 2 aromatic heterocycles. The van der Waals surface area contributed by atoms with Crippen LogP contribution in [0.4, 0.5) is 10.6 Å². The second-order valence-electron chi connectivity index (χ2n) is 9.69. The van der Waals surface area contributed by atoms with E-state index in [2.05, 4.69) is 10.3 Å². The molecule has 3 heterocycles. The molecule has 1 aliphatic carbocycles. The molecule has 0 aromatic carbocycles. The van der Waals surface area contributed by atoms with E-state index >= 15 is 0 Å². The van der Waals surface area contributed by atoms with Crippen molar-refractivity contribution in [2.45, 2.75) is 77.0 Å². The second kappa shape index (κ2) is 8.01. The van der Waals surface area contributed by atoms with Gasteiger partial charge in [-0.25, -0.2) is 14.5 Å². The van der Waals surface area contributed by atoms with Crippen molar-refractivity contribution in [3.05, 3.63) is 18.3 Å². The highest BCUT2D eigenvalue weighted by Gasteiger charge is 2.43. The molecule has 0 bridgehead atoms. The van der Waals surface area contributed by atoms with E-state index in [4.69, 9.17) is 5.10 Å². The number of aromatic nitrogens is 3. The van der Waals surface area contributed by atoms with Gasteiger partial charge in [-0.05, 0) is 58.6 Å². The Morgan fingerprint density at radius 2 is 1.90 bits per heavy atom. The highest BCUT2D eigenvalue weighted by molar-refractivity contribution is 5.87. The Bertz CT molecular complexity index is 967. The van der Waals surface area contributed by atoms with Crippen LogP contribution in [0.25, 0.3) is 11.0 Å². The molecule has 0 unspecified atom stereocenters. The Hall–Kier alpha value is -2.84. The Morgan fingerprint density at radius 3 is 2.48 bits per heavy atom. The lowest BCUT2D eigenvalue weighted by Crippen LogP contribution is -2.56. The van der Waals surface area contributed by atoms with Crippen molar-refractivity contribution in [1.29, 1.82) is 0 Å². The largest absolute Gasteiger partial charge is 0.465 e. The van der Waals surface area contributed by atoms with E-state index in [1.807, 2.05) is 42.5 Å². The molecule has 1 aliphatic heterocycles. The van der Waals surface area contributed by atoms with Crippen LogP contribution in [0.5, 0.6) is 0 Å². The monoisotopic (exact) mass is 428 g/mol. The highest BCUT2D eigenvalue weighted by atomic mass is 16.4. The molecule has 2 amide bonds. The minimum absolute atomic E-state index is 0.0159. The fourth-order valence-corrected chi connectivity index (χ4v) is 4.83. The van der Waals surface area contributed by atoms with Gasteiger partial charge in [0.25, 0.3) is 0 Å². The Morgan fingerprint density at radius 1 is 1.23 bits per heavy atom. The van der Waals surface area contributed by atoms with Gasteiger partial charge >= 0.3 is 6.09 Å². The standard InChI is InChI=1S/C22H32N6O3/c1-14(29)26-10-7-15(8-11-26)24-19-18-6-5-9-23-20(18)28(25-19)17-12-16(13-17)27(21(30)31)22(2,3)4/h5-6,9,15-17H,7-8,10-13H2,1-4H3,(H,24,25)(H,30,31). The van der Waals surface area contributed by atoms with E-state index < -0.39 is 11.6 Å². The molecule has 1 saturated heterocycles.